The summed E-state index contributed by atoms with van der Waals surface area (Å²) in [5.41, 5.74) is 7.05. The minimum atomic E-state index is 0.213. The number of anilines is 2. The summed E-state index contributed by atoms with van der Waals surface area (Å²) < 4.78 is 6.01. The smallest absolute Gasteiger partial charge is 0.234 e. The van der Waals surface area contributed by atoms with E-state index < -0.39 is 0 Å². The van der Waals surface area contributed by atoms with Crippen molar-refractivity contribution in [2.24, 2.45) is 0 Å². The Bertz CT molecular complexity index is 923. The summed E-state index contributed by atoms with van der Waals surface area (Å²) in [4.78, 5) is 15.2. The second-order valence-corrected chi connectivity index (χ2v) is 6.97. The van der Waals surface area contributed by atoms with Crippen LogP contribution in [0.3, 0.4) is 0 Å². The Hall–Kier alpha value is -2.93. The molecule has 7 heteroatoms. The average Bonchev–Trinajstić information content (AvgIpc) is 2.69. The van der Waals surface area contributed by atoms with Crippen molar-refractivity contribution in [2.75, 3.05) is 31.2 Å². The van der Waals surface area contributed by atoms with Gasteiger partial charge in [0.05, 0.1) is 12.4 Å². The van der Waals surface area contributed by atoms with Crippen molar-refractivity contribution >= 4 is 22.4 Å². The summed E-state index contributed by atoms with van der Waals surface area (Å²) >= 11 is 0. The number of likely N-dealkylation sites (tertiary alicyclic amines) is 1. The molecule has 0 atom stereocenters. The molecule has 140 valence electrons. The van der Waals surface area contributed by atoms with E-state index in [2.05, 4.69) is 38.3 Å². The lowest BCUT2D eigenvalue weighted by atomic mass is 10.1. The normalized spacial score (nSPS) is 15.7. The lowest BCUT2D eigenvalue weighted by Crippen LogP contribution is -2.35. The van der Waals surface area contributed by atoms with Crippen molar-refractivity contribution < 1.29 is 4.74 Å². The second-order valence-electron chi connectivity index (χ2n) is 6.97. The van der Waals surface area contributed by atoms with E-state index >= 15 is 0 Å². The molecule has 4 rings (SSSR count). The number of nitrogens with one attached hydrogen (secondary N) is 1. The maximum absolute atomic E-state index is 6.01. The second kappa shape index (κ2) is 7.75. The highest BCUT2D eigenvalue weighted by atomic mass is 16.5. The lowest BCUT2D eigenvalue weighted by Gasteiger charge is -2.28. The van der Waals surface area contributed by atoms with Crippen molar-refractivity contribution in [3.05, 3.63) is 48.4 Å². The third-order valence-corrected chi connectivity index (χ3v) is 4.90. The first-order valence-corrected chi connectivity index (χ1v) is 9.21. The van der Waals surface area contributed by atoms with Crippen LogP contribution in [-0.4, -0.2) is 46.1 Å². The molecular weight excluding hydrogens is 340 g/mol. The van der Waals surface area contributed by atoms with Crippen LogP contribution in [0.15, 0.2) is 42.9 Å². The summed E-state index contributed by atoms with van der Waals surface area (Å²) in [7, 11) is 2.14. The van der Waals surface area contributed by atoms with Crippen molar-refractivity contribution in [3.63, 3.8) is 0 Å². The third-order valence-electron chi connectivity index (χ3n) is 4.90. The molecule has 1 saturated heterocycles. The van der Waals surface area contributed by atoms with E-state index in [4.69, 9.17) is 10.5 Å². The Labute approximate surface area is 158 Å². The number of nitrogen functional groups attached to an aromatic ring is 1. The van der Waals surface area contributed by atoms with Crippen LogP contribution in [0.1, 0.15) is 18.4 Å². The molecule has 1 aromatic carbocycles. The van der Waals surface area contributed by atoms with Crippen molar-refractivity contribution in [1.82, 2.24) is 19.9 Å². The number of nitrogens with zero attached hydrogens (tertiary/aromatic N) is 4. The molecule has 27 heavy (non-hydrogen) atoms. The molecule has 7 nitrogen and oxygen atoms in total. The van der Waals surface area contributed by atoms with E-state index in [1.807, 2.05) is 18.2 Å². The number of hydrogen-bond donors (Lipinski definition) is 2. The number of benzene rings is 1. The molecule has 2 aromatic heterocycles. The number of fused-ring (bicyclic) bond motifs is 1. The zero-order valence-electron chi connectivity index (χ0n) is 15.4. The number of pyridine rings is 1. The van der Waals surface area contributed by atoms with Crippen LogP contribution in [0.2, 0.25) is 0 Å². The average molecular weight is 364 g/mol. The fourth-order valence-electron chi connectivity index (χ4n) is 3.32. The molecule has 0 bridgehead atoms. The molecule has 0 saturated carbocycles. The predicted molar refractivity (Wildman–Crippen MR) is 107 cm³/mol. The van der Waals surface area contributed by atoms with Crippen molar-refractivity contribution in [3.8, 4) is 5.88 Å². The molecule has 3 N–H and O–H groups in total. The van der Waals surface area contributed by atoms with Crippen LogP contribution >= 0.6 is 0 Å². The third kappa shape index (κ3) is 4.25. The van der Waals surface area contributed by atoms with E-state index in [0.717, 1.165) is 42.3 Å². The quantitative estimate of drug-likeness (QED) is 0.719. The Morgan fingerprint density at radius 1 is 1.22 bits per heavy atom. The zero-order valence-corrected chi connectivity index (χ0v) is 15.4. The zero-order chi connectivity index (χ0) is 18.6. The Balaban J connectivity index is 1.40. The monoisotopic (exact) mass is 364 g/mol. The van der Waals surface area contributed by atoms with Gasteiger partial charge < -0.3 is 20.7 Å². The van der Waals surface area contributed by atoms with Crippen molar-refractivity contribution in [2.45, 2.75) is 25.5 Å². The van der Waals surface area contributed by atoms with Gasteiger partial charge in [0.15, 0.2) is 0 Å². The SMILES string of the molecule is CN1CCC(Oc2cncc(NCc3ccc4c(N)nccc4c3)n2)CC1. The molecule has 0 spiro atoms. The highest BCUT2D eigenvalue weighted by Crippen LogP contribution is 2.21. The molecule has 3 aromatic rings. The summed E-state index contributed by atoms with van der Waals surface area (Å²) in [6, 6.07) is 8.11. The van der Waals surface area contributed by atoms with Gasteiger partial charge in [0, 0.05) is 31.2 Å². The largest absolute Gasteiger partial charge is 0.473 e. The van der Waals surface area contributed by atoms with E-state index in [1.165, 1.54) is 0 Å². The van der Waals surface area contributed by atoms with E-state index in [9.17, 15) is 0 Å². The molecule has 1 aliphatic rings. The highest BCUT2D eigenvalue weighted by Gasteiger charge is 2.18. The number of ether oxygens (including phenoxy) is 1. The van der Waals surface area contributed by atoms with Gasteiger partial charge in [-0.15, -0.1) is 0 Å². The van der Waals surface area contributed by atoms with Gasteiger partial charge in [-0.05, 0) is 43.0 Å². The minimum Gasteiger partial charge on any atom is -0.473 e. The molecule has 3 heterocycles. The van der Waals surface area contributed by atoms with Gasteiger partial charge >= 0.3 is 0 Å². The van der Waals surface area contributed by atoms with Gasteiger partial charge in [0.25, 0.3) is 0 Å². The Kier molecular flexibility index (Phi) is 5.02. The van der Waals surface area contributed by atoms with Crippen LogP contribution in [0.25, 0.3) is 10.8 Å². The molecule has 0 unspecified atom stereocenters. The van der Waals surface area contributed by atoms with E-state index in [-0.39, 0.29) is 6.10 Å². The molecule has 0 aliphatic carbocycles. The predicted octanol–water partition coefficient (Wildman–Crippen LogP) is 2.69. The minimum absolute atomic E-state index is 0.213. The number of rotatable bonds is 5. The Morgan fingerprint density at radius 2 is 2.07 bits per heavy atom. The summed E-state index contributed by atoms with van der Waals surface area (Å²) in [6.45, 7) is 2.75. The number of aromatic nitrogens is 3. The highest BCUT2D eigenvalue weighted by molar-refractivity contribution is 5.91. The summed E-state index contributed by atoms with van der Waals surface area (Å²) in [5.74, 6) is 1.83. The number of piperidine rings is 1. The first-order chi connectivity index (χ1) is 13.2. The molecular formula is C20H24N6O. The van der Waals surface area contributed by atoms with Crippen LogP contribution in [0.5, 0.6) is 5.88 Å². The van der Waals surface area contributed by atoms with Crippen LogP contribution < -0.4 is 15.8 Å². The maximum atomic E-state index is 6.01. The van der Waals surface area contributed by atoms with Gasteiger partial charge in [0.2, 0.25) is 5.88 Å². The van der Waals surface area contributed by atoms with Gasteiger partial charge in [-0.3, -0.25) is 4.98 Å². The lowest BCUT2D eigenvalue weighted by molar-refractivity contribution is 0.109. The van der Waals surface area contributed by atoms with E-state index in [1.54, 1.807) is 18.6 Å². The number of hydrogen-bond acceptors (Lipinski definition) is 7. The standard InChI is InChI=1S/C20H24N6O/c1-26-8-5-16(6-9-26)27-19-13-22-12-18(25-19)24-11-14-2-3-17-15(10-14)4-7-23-20(17)21/h2-4,7,10,12-13,16H,5-6,8-9,11H2,1H3,(H2,21,23)(H,24,25). The van der Waals surface area contributed by atoms with Gasteiger partial charge in [0.1, 0.15) is 17.7 Å². The topological polar surface area (TPSA) is 89.2 Å². The fraction of sp³-hybridized carbons (Fsp3) is 0.350. The molecule has 1 aliphatic heterocycles. The first-order valence-electron chi connectivity index (χ1n) is 9.21. The first kappa shape index (κ1) is 17.5. The molecule has 0 amide bonds. The number of nitrogens with two attached hydrogens (primary N) is 1. The molecule has 0 radical (unpaired) electrons. The summed E-state index contributed by atoms with van der Waals surface area (Å²) in [6.07, 6.45) is 7.37. The molecule has 1 fully saturated rings. The van der Waals surface area contributed by atoms with Gasteiger partial charge in [-0.25, -0.2) is 4.98 Å². The maximum Gasteiger partial charge on any atom is 0.234 e. The van der Waals surface area contributed by atoms with Crippen LogP contribution in [0, 0.1) is 0 Å². The van der Waals surface area contributed by atoms with Gasteiger partial charge in [-0.1, -0.05) is 12.1 Å². The van der Waals surface area contributed by atoms with Crippen LogP contribution in [0.4, 0.5) is 11.6 Å². The van der Waals surface area contributed by atoms with Crippen molar-refractivity contribution in [1.29, 1.82) is 0 Å². The fourth-order valence-corrected chi connectivity index (χ4v) is 3.32. The Morgan fingerprint density at radius 3 is 2.93 bits per heavy atom. The van der Waals surface area contributed by atoms with Gasteiger partial charge in [-0.2, -0.15) is 4.98 Å². The van der Waals surface area contributed by atoms with E-state index in [0.29, 0.717) is 24.1 Å². The summed E-state index contributed by atoms with van der Waals surface area (Å²) in [5, 5.41) is 5.36. The van der Waals surface area contributed by atoms with Crippen LogP contribution in [-0.2, 0) is 6.54 Å².